The lowest BCUT2D eigenvalue weighted by atomic mass is 9.91. The second kappa shape index (κ2) is 3.81. The average Bonchev–Trinajstić information content (AvgIpc) is 3.01. The number of pyridine rings is 1. The van der Waals surface area contributed by atoms with Crippen LogP contribution in [0.15, 0.2) is 35.3 Å². The topological polar surface area (TPSA) is 54.2 Å². The molecule has 92 valence electrons. The molecule has 2 aliphatic rings. The van der Waals surface area contributed by atoms with Gasteiger partial charge in [0.25, 0.3) is 0 Å². The van der Waals surface area contributed by atoms with Crippen molar-refractivity contribution in [1.29, 1.82) is 0 Å². The summed E-state index contributed by atoms with van der Waals surface area (Å²) in [6, 6.07) is 2.74. The molecule has 5 heteroatoms. The smallest absolute Gasteiger partial charge is 0.227 e. The van der Waals surface area contributed by atoms with Gasteiger partial charge in [-0.1, -0.05) is 0 Å². The predicted molar refractivity (Wildman–Crippen MR) is 67.2 cm³/mol. The van der Waals surface area contributed by atoms with E-state index in [-0.39, 0.29) is 0 Å². The van der Waals surface area contributed by atoms with Crippen molar-refractivity contribution < 1.29 is 4.42 Å². The quantitative estimate of drug-likeness (QED) is 0.856. The number of nitrogens with one attached hydrogen (secondary N) is 1. The highest BCUT2D eigenvalue weighted by Crippen LogP contribution is 2.34. The second-order valence-electron chi connectivity index (χ2n) is 4.91. The highest BCUT2D eigenvalue weighted by molar-refractivity contribution is 5.61. The van der Waals surface area contributed by atoms with E-state index in [1.807, 2.05) is 6.20 Å². The van der Waals surface area contributed by atoms with Gasteiger partial charge in [-0.25, -0.2) is 4.98 Å². The standard InChI is InChI=1S/C13H14N4O/c1-2-18-13(16-1)9-3-11(6-14-4-9)17-8-10-5-15-7-12(10)17/h1-4,6,10,12,15H,5,7-8H2/t10-,12-/m1/s1. The second-order valence-corrected chi connectivity index (χ2v) is 4.91. The first kappa shape index (κ1) is 10.1. The van der Waals surface area contributed by atoms with E-state index < -0.39 is 0 Å². The van der Waals surface area contributed by atoms with Crippen LogP contribution in [0.3, 0.4) is 0 Å². The van der Waals surface area contributed by atoms with Gasteiger partial charge in [-0.3, -0.25) is 4.98 Å². The van der Waals surface area contributed by atoms with Crippen LogP contribution < -0.4 is 10.2 Å². The van der Waals surface area contributed by atoms with Gasteiger partial charge in [-0.15, -0.1) is 0 Å². The number of rotatable bonds is 2. The number of aromatic nitrogens is 2. The lowest BCUT2D eigenvalue weighted by Gasteiger charge is -2.45. The zero-order valence-corrected chi connectivity index (χ0v) is 9.91. The lowest BCUT2D eigenvalue weighted by Crippen LogP contribution is -2.55. The third-order valence-corrected chi connectivity index (χ3v) is 3.87. The zero-order chi connectivity index (χ0) is 11.9. The molecule has 2 aromatic heterocycles. The molecule has 0 saturated carbocycles. The summed E-state index contributed by atoms with van der Waals surface area (Å²) in [5, 5.41) is 3.43. The summed E-state index contributed by atoms with van der Waals surface area (Å²) < 4.78 is 5.31. The van der Waals surface area contributed by atoms with Crippen molar-refractivity contribution >= 4 is 5.69 Å². The number of hydrogen-bond acceptors (Lipinski definition) is 5. The van der Waals surface area contributed by atoms with E-state index in [9.17, 15) is 0 Å². The van der Waals surface area contributed by atoms with Gasteiger partial charge in [0, 0.05) is 37.8 Å². The molecule has 2 saturated heterocycles. The third kappa shape index (κ3) is 1.44. The van der Waals surface area contributed by atoms with Crippen LogP contribution >= 0.6 is 0 Å². The van der Waals surface area contributed by atoms with Gasteiger partial charge < -0.3 is 14.6 Å². The molecular weight excluding hydrogens is 228 g/mol. The van der Waals surface area contributed by atoms with E-state index in [1.165, 1.54) is 0 Å². The molecular formula is C13H14N4O. The number of anilines is 1. The van der Waals surface area contributed by atoms with Crippen molar-refractivity contribution in [3.63, 3.8) is 0 Å². The molecule has 0 unspecified atom stereocenters. The minimum absolute atomic E-state index is 0.631. The van der Waals surface area contributed by atoms with Crippen molar-refractivity contribution in [2.45, 2.75) is 6.04 Å². The molecule has 4 heterocycles. The first-order valence-corrected chi connectivity index (χ1v) is 6.24. The first-order chi connectivity index (χ1) is 8.92. The Morgan fingerprint density at radius 3 is 3.17 bits per heavy atom. The Balaban J connectivity index is 1.64. The highest BCUT2D eigenvalue weighted by atomic mass is 16.3. The van der Waals surface area contributed by atoms with Gasteiger partial charge in [0.05, 0.1) is 23.6 Å². The largest absolute Gasteiger partial charge is 0.444 e. The maximum absolute atomic E-state index is 5.31. The van der Waals surface area contributed by atoms with E-state index in [0.717, 1.165) is 36.8 Å². The van der Waals surface area contributed by atoms with Crippen molar-refractivity contribution in [3.8, 4) is 11.5 Å². The van der Waals surface area contributed by atoms with Gasteiger partial charge in [0.15, 0.2) is 0 Å². The zero-order valence-electron chi connectivity index (χ0n) is 9.91. The molecule has 0 aliphatic carbocycles. The van der Waals surface area contributed by atoms with Gasteiger partial charge >= 0.3 is 0 Å². The number of nitrogens with zero attached hydrogens (tertiary/aromatic N) is 3. The average molecular weight is 242 g/mol. The van der Waals surface area contributed by atoms with Gasteiger partial charge in [0.2, 0.25) is 5.89 Å². The molecule has 1 N–H and O–H groups in total. The highest BCUT2D eigenvalue weighted by Gasteiger charge is 2.42. The Hall–Kier alpha value is -1.88. The number of fused-ring (bicyclic) bond motifs is 1. The third-order valence-electron chi connectivity index (χ3n) is 3.87. The minimum Gasteiger partial charge on any atom is -0.444 e. The van der Waals surface area contributed by atoms with Crippen LogP contribution in [-0.2, 0) is 0 Å². The maximum Gasteiger partial charge on any atom is 0.227 e. The summed E-state index contributed by atoms with van der Waals surface area (Å²) in [5.41, 5.74) is 2.10. The Bertz CT molecular complexity index is 554. The fraction of sp³-hybridized carbons (Fsp3) is 0.385. The van der Waals surface area contributed by atoms with Crippen LogP contribution in [0, 0.1) is 5.92 Å². The molecule has 18 heavy (non-hydrogen) atoms. The molecule has 0 amide bonds. The molecule has 0 aromatic carbocycles. The van der Waals surface area contributed by atoms with Crippen molar-refractivity contribution in [2.24, 2.45) is 5.92 Å². The molecule has 5 nitrogen and oxygen atoms in total. The summed E-state index contributed by atoms with van der Waals surface area (Å²) in [5.74, 6) is 1.43. The molecule has 0 bridgehead atoms. The van der Waals surface area contributed by atoms with Gasteiger partial charge in [-0.05, 0) is 6.07 Å². The summed E-state index contributed by atoms with van der Waals surface area (Å²) in [6.45, 7) is 3.34. The molecule has 2 aliphatic heterocycles. The van der Waals surface area contributed by atoms with E-state index in [1.54, 1.807) is 18.7 Å². The predicted octanol–water partition coefficient (Wildman–Crippen LogP) is 1.14. The Kier molecular flexibility index (Phi) is 2.14. The molecule has 0 spiro atoms. The van der Waals surface area contributed by atoms with Crippen LogP contribution in [0.1, 0.15) is 0 Å². The van der Waals surface area contributed by atoms with Crippen LogP contribution in [-0.4, -0.2) is 35.6 Å². The SMILES string of the molecule is c1coc(-c2cncc(N3C[C@H]4CNC[C@H]43)c2)n1. The maximum atomic E-state index is 5.31. The summed E-state index contributed by atoms with van der Waals surface area (Å²) >= 11 is 0. The number of hydrogen-bond donors (Lipinski definition) is 1. The molecule has 2 aromatic rings. The Labute approximate surface area is 105 Å². The molecule has 2 fully saturated rings. The monoisotopic (exact) mass is 242 g/mol. The van der Waals surface area contributed by atoms with Crippen LogP contribution in [0.5, 0.6) is 0 Å². The van der Waals surface area contributed by atoms with E-state index in [2.05, 4.69) is 26.3 Å². The fourth-order valence-corrected chi connectivity index (χ4v) is 2.88. The van der Waals surface area contributed by atoms with Crippen molar-refractivity contribution in [3.05, 3.63) is 30.9 Å². The lowest BCUT2D eigenvalue weighted by molar-refractivity contribution is 0.365. The molecule has 4 rings (SSSR count). The molecule has 2 atom stereocenters. The Morgan fingerprint density at radius 1 is 1.33 bits per heavy atom. The van der Waals surface area contributed by atoms with Crippen molar-refractivity contribution in [1.82, 2.24) is 15.3 Å². The first-order valence-electron chi connectivity index (χ1n) is 6.24. The molecule has 0 radical (unpaired) electrons. The minimum atomic E-state index is 0.631. The summed E-state index contributed by atoms with van der Waals surface area (Å²) in [4.78, 5) is 10.9. The fourth-order valence-electron chi connectivity index (χ4n) is 2.88. The van der Waals surface area contributed by atoms with Crippen LogP contribution in [0.4, 0.5) is 5.69 Å². The summed E-state index contributed by atoms with van der Waals surface area (Å²) in [7, 11) is 0. The van der Waals surface area contributed by atoms with Crippen molar-refractivity contribution in [2.75, 3.05) is 24.5 Å². The Morgan fingerprint density at radius 2 is 2.33 bits per heavy atom. The summed E-state index contributed by atoms with van der Waals surface area (Å²) in [6.07, 6.45) is 6.95. The van der Waals surface area contributed by atoms with Gasteiger partial charge in [0.1, 0.15) is 6.26 Å². The number of oxazole rings is 1. The van der Waals surface area contributed by atoms with E-state index >= 15 is 0 Å². The van der Waals surface area contributed by atoms with Gasteiger partial charge in [-0.2, -0.15) is 0 Å². The normalized spacial score (nSPS) is 25.9. The van der Waals surface area contributed by atoms with E-state index in [0.29, 0.717) is 11.9 Å². The van der Waals surface area contributed by atoms with E-state index in [4.69, 9.17) is 4.42 Å². The van der Waals surface area contributed by atoms with Crippen LogP contribution in [0.25, 0.3) is 11.5 Å². The van der Waals surface area contributed by atoms with Crippen LogP contribution in [0.2, 0.25) is 0 Å².